The van der Waals surface area contributed by atoms with Crippen LogP contribution in [0, 0.1) is 10.1 Å². The van der Waals surface area contributed by atoms with Gasteiger partial charge in [0.1, 0.15) is 9.84 Å². The summed E-state index contributed by atoms with van der Waals surface area (Å²) in [6, 6.07) is 4.01. The molecule has 0 aromatic heterocycles. The molecule has 0 radical (unpaired) electrons. The molecule has 1 amide bonds. The summed E-state index contributed by atoms with van der Waals surface area (Å²) in [7, 11) is -1.73. The normalized spacial score (nSPS) is 11.2. The Morgan fingerprint density at radius 2 is 2.05 bits per heavy atom. The zero-order valence-electron chi connectivity index (χ0n) is 10.9. The molecule has 1 rings (SSSR count). The molecule has 0 saturated carbocycles. The number of carbonyl (C=O) groups excluding carboxylic acids is 1. The summed E-state index contributed by atoms with van der Waals surface area (Å²) >= 11 is 3.03. The minimum absolute atomic E-state index is 0.0293. The van der Waals surface area contributed by atoms with E-state index in [1.54, 1.807) is 0 Å². The molecule has 0 atom stereocenters. The number of nitro benzene ring substituents is 1. The minimum Gasteiger partial charge on any atom is -0.341 e. The Balaban J connectivity index is 2.92. The lowest BCUT2D eigenvalue weighted by atomic mass is 10.2. The summed E-state index contributed by atoms with van der Waals surface area (Å²) in [5.74, 6) is -0.627. The fourth-order valence-corrected chi connectivity index (χ4v) is 2.41. The van der Waals surface area contributed by atoms with Gasteiger partial charge in [0.2, 0.25) is 0 Å². The molecule has 1 aromatic carbocycles. The molecule has 0 bridgehead atoms. The summed E-state index contributed by atoms with van der Waals surface area (Å²) in [5.41, 5.74) is -0.0803. The van der Waals surface area contributed by atoms with Crippen LogP contribution in [-0.2, 0) is 9.84 Å². The van der Waals surface area contributed by atoms with Crippen molar-refractivity contribution in [3.05, 3.63) is 38.3 Å². The van der Waals surface area contributed by atoms with Gasteiger partial charge in [0.05, 0.1) is 15.1 Å². The Morgan fingerprint density at radius 1 is 1.45 bits per heavy atom. The Labute approximate surface area is 124 Å². The van der Waals surface area contributed by atoms with E-state index in [-0.39, 0.29) is 28.0 Å². The molecule has 0 saturated heterocycles. The highest BCUT2D eigenvalue weighted by atomic mass is 79.9. The minimum atomic E-state index is -3.17. The van der Waals surface area contributed by atoms with Crippen molar-refractivity contribution < 1.29 is 18.1 Å². The van der Waals surface area contributed by atoms with Gasteiger partial charge in [0.25, 0.3) is 11.6 Å². The molecule has 0 fully saturated rings. The van der Waals surface area contributed by atoms with Crippen LogP contribution in [0.3, 0.4) is 0 Å². The van der Waals surface area contributed by atoms with Gasteiger partial charge in [-0.25, -0.2) is 8.42 Å². The zero-order valence-corrected chi connectivity index (χ0v) is 13.3. The molecule has 0 heterocycles. The SMILES string of the molecule is CN(CCS(C)(=O)=O)C(=O)c1ccc(Br)c([N+](=O)[O-])c1. The highest BCUT2D eigenvalue weighted by molar-refractivity contribution is 9.10. The molecule has 0 N–H and O–H groups in total. The van der Waals surface area contributed by atoms with Gasteiger partial charge < -0.3 is 4.90 Å². The van der Waals surface area contributed by atoms with Crippen LogP contribution < -0.4 is 0 Å². The van der Waals surface area contributed by atoms with Crippen molar-refractivity contribution in [3.8, 4) is 0 Å². The molecule has 0 aliphatic rings. The molecular formula is C11H13BrN2O5S. The second-order valence-electron chi connectivity index (χ2n) is 4.28. The number of carbonyl (C=O) groups is 1. The maximum absolute atomic E-state index is 12.0. The molecule has 0 unspecified atom stereocenters. The number of halogens is 1. The number of hydrogen-bond acceptors (Lipinski definition) is 5. The van der Waals surface area contributed by atoms with Crippen molar-refractivity contribution in [2.45, 2.75) is 0 Å². The first-order valence-electron chi connectivity index (χ1n) is 5.49. The predicted octanol–water partition coefficient (Wildman–Crippen LogP) is 1.47. The van der Waals surface area contributed by atoms with E-state index in [0.29, 0.717) is 0 Å². The molecular weight excluding hydrogens is 352 g/mol. The fourth-order valence-electron chi connectivity index (χ4n) is 1.41. The van der Waals surface area contributed by atoms with Gasteiger partial charge >= 0.3 is 0 Å². The first-order valence-corrected chi connectivity index (χ1v) is 8.34. The highest BCUT2D eigenvalue weighted by Crippen LogP contribution is 2.26. The lowest BCUT2D eigenvalue weighted by Gasteiger charge is -2.16. The Bertz CT molecular complexity index is 644. The topological polar surface area (TPSA) is 97.6 Å². The smallest absolute Gasteiger partial charge is 0.284 e. The van der Waals surface area contributed by atoms with E-state index in [4.69, 9.17) is 0 Å². The van der Waals surface area contributed by atoms with Crippen LogP contribution in [0.2, 0.25) is 0 Å². The van der Waals surface area contributed by atoms with E-state index >= 15 is 0 Å². The largest absolute Gasteiger partial charge is 0.341 e. The lowest BCUT2D eigenvalue weighted by Crippen LogP contribution is -2.31. The van der Waals surface area contributed by atoms with Crippen LogP contribution in [0.1, 0.15) is 10.4 Å². The van der Waals surface area contributed by atoms with E-state index in [2.05, 4.69) is 15.9 Å². The number of sulfone groups is 1. The third kappa shape index (κ3) is 4.57. The molecule has 0 aliphatic heterocycles. The highest BCUT2D eigenvalue weighted by Gasteiger charge is 2.19. The summed E-state index contributed by atoms with van der Waals surface area (Å²) < 4.78 is 22.4. The van der Waals surface area contributed by atoms with Crippen molar-refractivity contribution in [2.24, 2.45) is 0 Å². The molecule has 7 nitrogen and oxygen atoms in total. The maximum atomic E-state index is 12.0. The number of nitro groups is 1. The summed E-state index contributed by atoms with van der Waals surface area (Å²) in [6.07, 6.45) is 1.08. The lowest BCUT2D eigenvalue weighted by molar-refractivity contribution is -0.385. The second kappa shape index (κ2) is 6.31. The van der Waals surface area contributed by atoms with Crippen molar-refractivity contribution in [2.75, 3.05) is 25.6 Å². The maximum Gasteiger partial charge on any atom is 0.284 e. The van der Waals surface area contributed by atoms with Crippen LogP contribution in [0.4, 0.5) is 5.69 Å². The Morgan fingerprint density at radius 3 is 2.55 bits per heavy atom. The van der Waals surface area contributed by atoms with Gasteiger partial charge in [-0.3, -0.25) is 14.9 Å². The molecule has 0 aliphatic carbocycles. The van der Waals surface area contributed by atoms with Crippen LogP contribution >= 0.6 is 15.9 Å². The molecule has 9 heteroatoms. The Kier molecular flexibility index (Phi) is 5.23. The third-order valence-corrected chi connectivity index (χ3v) is 4.13. The monoisotopic (exact) mass is 364 g/mol. The summed E-state index contributed by atoms with van der Waals surface area (Å²) in [4.78, 5) is 23.5. The van der Waals surface area contributed by atoms with Gasteiger partial charge in [-0.15, -0.1) is 0 Å². The molecule has 1 aromatic rings. The van der Waals surface area contributed by atoms with E-state index in [0.717, 1.165) is 12.3 Å². The number of benzene rings is 1. The standard InChI is InChI=1S/C11H13BrN2O5S/c1-13(5-6-20(2,18)19)11(15)8-3-4-9(12)10(7-8)14(16)17/h3-4,7H,5-6H2,1-2H3. The first kappa shape index (κ1) is 16.6. The van der Waals surface area contributed by atoms with E-state index in [1.807, 2.05) is 0 Å². The van der Waals surface area contributed by atoms with Crippen molar-refractivity contribution in [1.29, 1.82) is 0 Å². The number of amides is 1. The van der Waals surface area contributed by atoms with Crippen LogP contribution in [0.15, 0.2) is 22.7 Å². The average Bonchev–Trinajstić information content (AvgIpc) is 2.34. The molecule has 110 valence electrons. The zero-order chi connectivity index (χ0) is 15.5. The molecule has 20 heavy (non-hydrogen) atoms. The second-order valence-corrected chi connectivity index (χ2v) is 7.39. The van der Waals surface area contributed by atoms with Crippen molar-refractivity contribution in [1.82, 2.24) is 4.90 Å². The van der Waals surface area contributed by atoms with Gasteiger partial charge in [-0.1, -0.05) is 0 Å². The quantitative estimate of drug-likeness (QED) is 0.581. The van der Waals surface area contributed by atoms with Gasteiger partial charge in [0, 0.05) is 31.5 Å². The van der Waals surface area contributed by atoms with Crippen molar-refractivity contribution in [3.63, 3.8) is 0 Å². The number of nitrogens with zero attached hydrogens (tertiary/aromatic N) is 2. The average molecular weight is 365 g/mol. The summed E-state index contributed by atoms with van der Waals surface area (Å²) in [6.45, 7) is 0.0293. The van der Waals surface area contributed by atoms with E-state index in [9.17, 15) is 23.3 Å². The Hall–Kier alpha value is -1.48. The third-order valence-electron chi connectivity index (χ3n) is 2.53. The van der Waals surface area contributed by atoms with Crippen molar-refractivity contribution >= 4 is 37.4 Å². The van der Waals surface area contributed by atoms with E-state index < -0.39 is 20.7 Å². The van der Waals surface area contributed by atoms with Crippen LogP contribution in [0.5, 0.6) is 0 Å². The van der Waals surface area contributed by atoms with E-state index in [1.165, 1.54) is 24.1 Å². The van der Waals surface area contributed by atoms with Gasteiger partial charge in [0.15, 0.2) is 0 Å². The molecule has 0 spiro atoms. The summed E-state index contributed by atoms with van der Waals surface area (Å²) in [5, 5.41) is 10.8. The first-order chi connectivity index (χ1) is 9.11. The number of hydrogen-bond donors (Lipinski definition) is 0. The van der Waals surface area contributed by atoms with Gasteiger partial charge in [-0.2, -0.15) is 0 Å². The number of rotatable bonds is 5. The van der Waals surface area contributed by atoms with Crippen LogP contribution in [-0.4, -0.2) is 49.7 Å². The van der Waals surface area contributed by atoms with Gasteiger partial charge in [-0.05, 0) is 28.1 Å². The fraction of sp³-hybridized carbons (Fsp3) is 0.364. The predicted molar refractivity (Wildman–Crippen MR) is 77.5 cm³/mol. The van der Waals surface area contributed by atoms with Crippen LogP contribution in [0.25, 0.3) is 0 Å².